The van der Waals surface area contributed by atoms with E-state index >= 15 is 0 Å². The molecule has 0 aromatic heterocycles. The molecule has 2 fully saturated rings. The molecule has 2 aliphatic rings. The molecule has 0 aromatic rings. The summed E-state index contributed by atoms with van der Waals surface area (Å²) in [6.07, 6.45) is 33.1. The summed E-state index contributed by atoms with van der Waals surface area (Å²) in [5.74, 6) is 10.1. The van der Waals surface area contributed by atoms with Gasteiger partial charge < -0.3 is 0 Å². The lowest BCUT2D eigenvalue weighted by atomic mass is 9.79. The van der Waals surface area contributed by atoms with Crippen molar-refractivity contribution in [1.29, 1.82) is 0 Å². The van der Waals surface area contributed by atoms with Gasteiger partial charge in [-0.25, -0.2) is 0 Å². The van der Waals surface area contributed by atoms with Crippen molar-refractivity contribution >= 4 is 0 Å². The van der Waals surface area contributed by atoms with Crippen molar-refractivity contribution < 1.29 is 0 Å². The average molecular weight is 397 g/mol. The molecule has 0 bridgehead atoms. The third-order valence-electron chi connectivity index (χ3n) is 7.45. The first-order valence-corrected chi connectivity index (χ1v) is 13.2. The molecule has 2 rings (SSSR count). The summed E-state index contributed by atoms with van der Waals surface area (Å²) in [5.41, 5.74) is 0. The molecule has 0 nitrogen and oxygen atoms in total. The summed E-state index contributed by atoms with van der Waals surface area (Å²) in [5, 5.41) is 0. The predicted octanol–water partition coefficient (Wildman–Crippen LogP) is 9.27. The first-order valence-electron chi connectivity index (χ1n) is 13.2. The fourth-order valence-electron chi connectivity index (χ4n) is 5.33. The molecule has 0 amide bonds. The Kier molecular flexibility index (Phi) is 13.3. The van der Waals surface area contributed by atoms with Crippen LogP contribution >= 0.6 is 0 Å². The quantitative estimate of drug-likeness (QED) is 0.241. The summed E-state index contributed by atoms with van der Waals surface area (Å²) >= 11 is 0. The third kappa shape index (κ3) is 11.1. The number of hydrogen-bond donors (Lipinski definition) is 0. The third-order valence-corrected chi connectivity index (χ3v) is 7.45. The number of allylic oxidation sites excluding steroid dienone is 4. The van der Waals surface area contributed by atoms with Crippen LogP contribution in [0, 0.1) is 35.5 Å². The van der Waals surface area contributed by atoms with Crippen molar-refractivity contribution in [3.63, 3.8) is 0 Å². The van der Waals surface area contributed by atoms with E-state index in [1.165, 1.54) is 109 Å². The highest BCUT2D eigenvalue weighted by Gasteiger charge is 2.19. The standard InChI is InChI=1S/C29H48/c1-3-5-7-8-11-15-27-22-24-29(25-23-27)17-13-10-9-12-16-28-20-18-26(19-21-28)14-6-4-2/h12-13,16-17,26-29H,3-8,11,14-15,18-25H2,1-2H3/t26-,27-,28-,29-. The van der Waals surface area contributed by atoms with Gasteiger partial charge in [0.05, 0.1) is 0 Å². The average Bonchev–Trinajstić information content (AvgIpc) is 2.76. The Morgan fingerprint density at radius 1 is 0.552 bits per heavy atom. The van der Waals surface area contributed by atoms with E-state index in [2.05, 4.69) is 50.0 Å². The van der Waals surface area contributed by atoms with Crippen molar-refractivity contribution in [3.8, 4) is 11.8 Å². The number of hydrogen-bond acceptors (Lipinski definition) is 0. The first kappa shape index (κ1) is 24.3. The van der Waals surface area contributed by atoms with Gasteiger partial charge in [-0.2, -0.15) is 0 Å². The second-order valence-corrected chi connectivity index (χ2v) is 9.91. The molecule has 0 N–H and O–H groups in total. The van der Waals surface area contributed by atoms with Crippen LogP contribution in [-0.2, 0) is 0 Å². The van der Waals surface area contributed by atoms with Crippen LogP contribution in [0.2, 0.25) is 0 Å². The zero-order valence-corrected chi connectivity index (χ0v) is 19.6. The summed E-state index contributed by atoms with van der Waals surface area (Å²) in [7, 11) is 0. The topological polar surface area (TPSA) is 0 Å². The van der Waals surface area contributed by atoms with Gasteiger partial charge in [-0.15, -0.1) is 0 Å². The Bertz CT molecular complexity index is 498. The normalized spacial score (nSPS) is 27.9. The molecule has 0 spiro atoms. The van der Waals surface area contributed by atoms with E-state index in [4.69, 9.17) is 0 Å². The first-order chi connectivity index (χ1) is 14.3. The minimum atomic E-state index is 0.781. The van der Waals surface area contributed by atoms with Crippen molar-refractivity contribution in [1.82, 2.24) is 0 Å². The Balaban J connectivity index is 1.54. The molecule has 29 heavy (non-hydrogen) atoms. The molecule has 0 heteroatoms. The molecule has 0 heterocycles. The SMILES string of the molecule is CCCCCCC[C@H]1CC[C@H](C=CC#CC=C[C@H]2CC[C@H](CCCC)CC2)CC1. The minimum absolute atomic E-state index is 0.781. The minimum Gasteiger partial charge on any atom is -0.0730 e. The molecular formula is C29H48. The number of rotatable bonds is 11. The van der Waals surface area contributed by atoms with Gasteiger partial charge in [0.25, 0.3) is 0 Å². The van der Waals surface area contributed by atoms with Gasteiger partial charge in [0.15, 0.2) is 0 Å². The second-order valence-electron chi connectivity index (χ2n) is 9.91. The van der Waals surface area contributed by atoms with E-state index in [0.29, 0.717) is 0 Å². The van der Waals surface area contributed by atoms with Crippen LogP contribution in [0.1, 0.15) is 123 Å². The maximum Gasteiger partial charge on any atom is -0.0153 e. The zero-order chi connectivity index (χ0) is 20.6. The summed E-state index contributed by atoms with van der Waals surface area (Å²) in [6.45, 7) is 4.61. The molecule has 0 atom stereocenters. The van der Waals surface area contributed by atoms with Crippen LogP contribution < -0.4 is 0 Å². The van der Waals surface area contributed by atoms with Gasteiger partial charge >= 0.3 is 0 Å². The predicted molar refractivity (Wildman–Crippen MR) is 130 cm³/mol. The fourth-order valence-corrected chi connectivity index (χ4v) is 5.33. The van der Waals surface area contributed by atoms with Crippen molar-refractivity contribution in [2.45, 2.75) is 123 Å². The molecular weight excluding hydrogens is 348 g/mol. The molecule has 0 saturated heterocycles. The lowest BCUT2D eigenvalue weighted by molar-refractivity contribution is 0.288. The smallest absolute Gasteiger partial charge is 0.0153 e. The van der Waals surface area contributed by atoms with E-state index in [1.807, 2.05) is 0 Å². The van der Waals surface area contributed by atoms with Crippen LogP contribution in [0.4, 0.5) is 0 Å². The lowest BCUT2D eigenvalue weighted by Crippen LogP contribution is -2.13. The maximum atomic E-state index is 3.26. The monoisotopic (exact) mass is 396 g/mol. The van der Waals surface area contributed by atoms with E-state index < -0.39 is 0 Å². The molecule has 0 unspecified atom stereocenters. The molecule has 164 valence electrons. The van der Waals surface area contributed by atoms with Crippen LogP contribution in [0.15, 0.2) is 24.3 Å². The Labute approximate surface area is 183 Å². The van der Waals surface area contributed by atoms with Gasteiger partial charge in [-0.1, -0.05) is 95.6 Å². The van der Waals surface area contributed by atoms with Gasteiger partial charge in [0, 0.05) is 0 Å². The second kappa shape index (κ2) is 15.8. The van der Waals surface area contributed by atoms with Gasteiger partial charge in [-0.05, 0) is 87.2 Å². The number of unbranched alkanes of at least 4 members (excludes halogenated alkanes) is 5. The Morgan fingerprint density at radius 2 is 1.00 bits per heavy atom. The highest BCUT2D eigenvalue weighted by Crippen LogP contribution is 2.33. The van der Waals surface area contributed by atoms with Crippen LogP contribution in [0.3, 0.4) is 0 Å². The molecule has 0 radical (unpaired) electrons. The fraction of sp³-hybridized carbons (Fsp3) is 0.793. The Hall–Kier alpha value is -0.960. The van der Waals surface area contributed by atoms with E-state index in [0.717, 1.165) is 23.7 Å². The van der Waals surface area contributed by atoms with Crippen molar-refractivity contribution in [2.24, 2.45) is 23.7 Å². The van der Waals surface area contributed by atoms with Crippen molar-refractivity contribution in [3.05, 3.63) is 24.3 Å². The molecule has 0 aliphatic heterocycles. The largest absolute Gasteiger partial charge is 0.0730 e. The lowest BCUT2D eigenvalue weighted by Gasteiger charge is -2.26. The van der Waals surface area contributed by atoms with Crippen molar-refractivity contribution in [2.75, 3.05) is 0 Å². The van der Waals surface area contributed by atoms with E-state index in [-0.39, 0.29) is 0 Å². The van der Waals surface area contributed by atoms with E-state index in [9.17, 15) is 0 Å². The van der Waals surface area contributed by atoms with Crippen LogP contribution in [-0.4, -0.2) is 0 Å². The molecule has 2 saturated carbocycles. The van der Waals surface area contributed by atoms with Gasteiger partial charge in [-0.3, -0.25) is 0 Å². The maximum absolute atomic E-state index is 3.26. The van der Waals surface area contributed by atoms with Crippen LogP contribution in [0.25, 0.3) is 0 Å². The highest BCUT2D eigenvalue weighted by atomic mass is 14.2. The highest BCUT2D eigenvalue weighted by molar-refractivity contribution is 5.24. The summed E-state index contributed by atoms with van der Waals surface area (Å²) < 4.78 is 0. The van der Waals surface area contributed by atoms with Crippen LogP contribution in [0.5, 0.6) is 0 Å². The zero-order valence-electron chi connectivity index (χ0n) is 19.6. The van der Waals surface area contributed by atoms with Gasteiger partial charge in [0.2, 0.25) is 0 Å². The molecule has 2 aliphatic carbocycles. The summed E-state index contributed by atoms with van der Waals surface area (Å²) in [4.78, 5) is 0. The summed E-state index contributed by atoms with van der Waals surface area (Å²) in [6, 6.07) is 0. The van der Waals surface area contributed by atoms with E-state index in [1.54, 1.807) is 0 Å². The van der Waals surface area contributed by atoms with Gasteiger partial charge in [0.1, 0.15) is 0 Å². The molecule has 0 aromatic carbocycles. The Morgan fingerprint density at radius 3 is 1.48 bits per heavy atom.